The molecule has 0 aromatic heterocycles. The van der Waals surface area contributed by atoms with E-state index >= 15 is 0 Å². The van der Waals surface area contributed by atoms with Crippen molar-refractivity contribution in [3.05, 3.63) is 29.8 Å². The van der Waals surface area contributed by atoms with E-state index in [-0.39, 0.29) is 0 Å². The Morgan fingerprint density at radius 1 is 0.619 bits per heavy atom. The van der Waals surface area contributed by atoms with Gasteiger partial charge in [0, 0.05) is 5.69 Å². The summed E-state index contributed by atoms with van der Waals surface area (Å²) in [6.45, 7) is 24.3. The smallest absolute Gasteiger partial charge is 0.122 e. The highest BCUT2D eigenvalue weighted by molar-refractivity contribution is 7.90. The van der Waals surface area contributed by atoms with Gasteiger partial charge in [-0.25, -0.2) is 0 Å². The predicted octanol–water partition coefficient (Wildman–Crippen LogP) is 5.60. The van der Waals surface area contributed by atoms with Crippen LogP contribution in [0.2, 0.25) is 58.9 Å². The second-order valence-corrected chi connectivity index (χ2v) is 49.5. The summed E-state index contributed by atoms with van der Waals surface area (Å²) >= 11 is 0. The van der Waals surface area contributed by atoms with Crippen LogP contribution >= 0.6 is 0 Å². The summed E-state index contributed by atoms with van der Waals surface area (Å²) in [4.78, 5) is 4.26. The van der Waals surface area contributed by atoms with Gasteiger partial charge in [0.15, 0.2) is 0 Å². The van der Waals surface area contributed by atoms with Gasteiger partial charge in [0.05, 0.1) is 22.8 Å². The molecule has 0 bridgehead atoms. The highest BCUT2D eigenvalue weighted by Crippen LogP contribution is 2.37. The molecule has 0 saturated carbocycles. The summed E-state index contributed by atoms with van der Waals surface area (Å²) in [5, 5.41) is 0. The van der Waals surface area contributed by atoms with Gasteiger partial charge in [-0.1, -0.05) is 76.6 Å². The van der Waals surface area contributed by atoms with Crippen molar-refractivity contribution in [1.82, 2.24) is 0 Å². The first kappa shape index (κ1) is 18.9. The van der Waals surface area contributed by atoms with Crippen LogP contribution < -0.4 is 4.98 Å². The van der Waals surface area contributed by atoms with Crippen LogP contribution in [0.4, 0.5) is 5.69 Å². The van der Waals surface area contributed by atoms with E-state index in [1.807, 2.05) is 0 Å². The summed E-state index contributed by atoms with van der Waals surface area (Å²) in [7, 11) is -3.76. The van der Waals surface area contributed by atoms with E-state index in [0.29, 0.717) is 0 Å². The number of anilines is 1. The molecule has 0 amide bonds. The first-order valence-electron chi connectivity index (χ1n) is 8.07. The third-order valence-corrected chi connectivity index (χ3v) is 74.0. The maximum atomic E-state index is 4.26. The maximum absolute atomic E-state index is 4.26. The summed E-state index contributed by atoms with van der Waals surface area (Å²) < 4.78 is 0. The molecule has 0 unspecified atom stereocenters. The molecule has 0 aliphatic heterocycles. The molecule has 1 N–H and O–H groups in total. The van der Waals surface area contributed by atoms with Gasteiger partial charge in [-0.3, -0.25) is 0 Å². The minimum Gasteiger partial charge on any atom is -0.417 e. The normalized spacial score (nSPS) is 14.2. The Kier molecular flexibility index (Phi) is 5.26. The van der Waals surface area contributed by atoms with Gasteiger partial charge in [-0.2, -0.15) is 0 Å². The highest BCUT2D eigenvalue weighted by atomic mass is 29.9. The zero-order valence-corrected chi connectivity index (χ0v) is 19.8. The third kappa shape index (κ3) is 3.63. The molecule has 1 nitrogen and oxygen atoms in total. The maximum Gasteiger partial charge on any atom is 0.122 e. The van der Waals surface area contributed by atoms with Crippen LogP contribution in [0.25, 0.3) is 0 Å². The average molecular weight is 354 g/mol. The number of hydrogen-bond acceptors (Lipinski definition) is 1. The molecule has 0 atom stereocenters. The van der Waals surface area contributed by atoms with Crippen LogP contribution in [-0.4, -0.2) is 29.6 Å². The lowest BCUT2D eigenvalue weighted by Crippen LogP contribution is -2.86. The van der Waals surface area contributed by atoms with Crippen LogP contribution in [-0.2, 0) is 0 Å². The van der Waals surface area contributed by atoms with Gasteiger partial charge in [-0.05, 0) is 19.1 Å². The van der Waals surface area contributed by atoms with Crippen molar-refractivity contribution in [2.24, 2.45) is 0 Å². The average Bonchev–Trinajstić information content (AvgIpc) is 2.22. The lowest BCUT2D eigenvalue weighted by molar-refractivity contribution is 1.47. The zero-order chi connectivity index (χ0) is 16.7. The molecule has 1 aromatic carbocycles. The molecule has 5 heteroatoms. The Bertz CT molecular complexity index is 439. The van der Waals surface area contributed by atoms with Crippen molar-refractivity contribution in [2.45, 2.75) is 65.8 Å². The summed E-state index contributed by atoms with van der Waals surface area (Å²) in [6, 6.07) is 9.11. The SMILES string of the molecule is Cc1ccc(N[Si]([Si](C)(C)C)([Si](C)(C)C)[Si](C)(C)C)cc1. The molecule has 0 fully saturated rings. The molecule has 21 heavy (non-hydrogen) atoms. The molecule has 1 aromatic rings. The number of nitrogens with one attached hydrogen (secondary N) is 1. The first-order chi connectivity index (χ1) is 9.22. The number of aryl methyl sites for hydroxylation is 1. The van der Waals surface area contributed by atoms with Crippen LogP contribution in [0, 0.1) is 6.92 Å². The van der Waals surface area contributed by atoms with E-state index in [2.05, 4.69) is 95.1 Å². The fourth-order valence-corrected chi connectivity index (χ4v) is 98.9. The Morgan fingerprint density at radius 2 is 0.952 bits per heavy atom. The van der Waals surface area contributed by atoms with Gasteiger partial charge in [0.1, 0.15) is 6.79 Å². The number of benzene rings is 1. The van der Waals surface area contributed by atoms with Crippen LogP contribution in [0.5, 0.6) is 0 Å². The van der Waals surface area contributed by atoms with Gasteiger partial charge < -0.3 is 4.98 Å². The molecule has 0 heterocycles. The third-order valence-electron chi connectivity index (χ3n) is 4.76. The Balaban J connectivity index is 3.47. The molecular weight excluding hydrogens is 319 g/mol. The topological polar surface area (TPSA) is 12.0 Å². The number of hydrogen-bond donors (Lipinski definition) is 1. The molecule has 1 rings (SSSR count). The molecule has 0 aliphatic carbocycles. The second-order valence-electron chi connectivity index (χ2n) is 9.49. The number of rotatable bonds is 5. The van der Waals surface area contributed by atoms with Crippen LogP contribution in [0.3, 0.4) is 0 Å². The van der Waals surface area contributed by atoms with Crippen molar-refractivity contribution in [1.29, 1.82) is 0 Å². The van der Waals surface area contributed by atoms with Crippen molar-refractivity contribution in [3.63, 3.8) is 0 Å². The van der Waals surface area contributed by atoms with E-state index in [9.17, 15) is 0 Å². The Morgan fingerprint density at radius 3 is 1.24 bits per heavy atom. The molecule has 0 radical (unpaired) electrons. The van der Waals surface area contributed by atoms with Gasteiger partial charge in [0.25, 0.3) is 0 Å². The van der Waals surface area contributed by atoms with E-state index in [4.69, 9.17) is 0 Å². The van der Waals surface area contributed by atoms with Gasteiger partial charge >= 0.3 is 0 Å². The fourth-order valence-electron chi connectivity index (χ4n) is 4.79. The van der Waals surface area contributed by atoms with Gasteiger partial charge in [0.2, 0.25) is 0 Å². The lowest BCUT2D eigenvalue weighted by Gasteiger charge is -2.57. The molecular formula is C16H35NSi4. The van der Waals surface area contributed by atoms with E-state index in [1.165, 1.54) is 11.3 Å². The van der Waals surface area contributed by atoms with E-state index < -0.39 is 29.6 Å². The summed E-state index contributed by atoms with van der Waals surface area (Å²) in [5.74, 6) is 0. The first-order valence-corrected chi connectivity index (χ1v) is 23.6. The van der Waals surface area contributed by atoms with E-state index in [1.54, 1.807) is 0 Å². The summed E-state index contributed by atoms with van der Waals surface area (Å²) in [6.07, 6.45) is 0. The quantitative estimate of drug-likeness (QED) is 0.679. The van der Waals surface area contributed by atoms with Crippen molar-refractivity contribution in [3.8, 4) is 0 Å². The van der Waals surface area contributed by atoms with Crippen molar-refractivity contribution >= 4 is 35.2 Å². The molecule has 0 saturated heterocycles. The van der Waals surface area contributed by atoms with Crippen LogP contribution in [0.1, 0.15) is 5.56 Å². The predicted molar refractivity (Wildman–Crippen MR) is 111 cm³/mol. The van der Waals surface area contributed by atoms with Crippen molar-refractivity contribution in [2.75, 3.05) is 4.98 Å². The minimum absolute atomic E-state index is 1.25. The minimum atomic E-state index is -1.49. The van der Waals surface area contributed by atoms with Crippen LogP contribution in [0.15, 0.2) is 24.3 Å². The summed E-state index contributed by atoms with van der Waals surface area (Å²) in [5.41, 5.74) is 2.72. The second kappa shape index (κ2) is 5.83. The lowest BCUT2D eigenvalue weighted by atomic mass is 10.2. The van der Waals surface area contributed by atoms with Gasteiger partial charge in [-0.15, -0.1) is 0 Å². The Labute approximate surface area is 136 Å². The Hall–Kier alpha value is -0.112. The van der Waals surface area contributed by atoms with Crippen molar-refractivity contribution < 1.29 is 0 Å². The largest absolute Gasteiger partial charge is 0.417 e. The monoisotopic (exact) mass is 353 g/mol. The molecule has 0 spiro atoms. The highest BCUT2D eigenvalue weighted by Gasteiger charge is 2.62. The fraction of sp³-hybridized carbons (Fsp3) is 0.625. The van der Waals surface area contributed by atoms with E-state index in [0.717, 1.165) is 0 Å². The zero-order valence-electron chi connectivity index (χ0n) is 15.8. The molecule has 0 aliphatic rings. The molecule has 120 valence electrons. The standard InChI is InChI=1S/C16H35NSi4/c1-15-11-13-16(14-12-15)17-21(18(2,3)4,19(5,6)7)20(8,9)10/h11-14,17H,1-10H3.